The van der Waals surface area contributed by atoms with Crippen LogP contribution < -0.4 is 9.62 Å². The molecule has 0 fully saturated rings. The Morgan fingerprint density at radius 2 is 1.59 bits per heavy atom. The Morgan fingerprint density at radius 1 is 0.941 bits per heavy atom. The van der Waals surface area contributed by atoms with Crippen LogP contribution in [-0.2, 0) is 14.8 Å². The number of hydrogen-bond acceptors (Lipinski definition) is 3. The van der Waals surface area contributed by atoms with Gasteiger partial charge in [0.1, 0.15) is 6.54 Å². The van der Waals surface area contributed by atoms with E-state index in [9.17, 15) is 13.2 Å². The molecule has 34 heavy (non-hydrogen) atoms. The van der Waals surface area contributed by atoms with Gasteiger partial charge in [0.2, 0.25) is 5.91 Å². The Hall–Kier alpha value is -2.83. The molecular weight excluding hydrogens is 468 g/mol. The highest BCUT2D eigenvalue weighted by Gasteiger charge is 2.29. The lowest BCUT2D eigenvalue weighted by Crippen LogP contribution is -2.42. The first-order valence-electron chi connectivity index (χ1n) is 11.3. The Balaban J connectivity index is 1.97. The lowest BCUT2D eigenvalue weighted by atomic mass is 9.97. The average molecular weight is 499 g/mol. The molecule has 1 unspecified atom stereocenters. The predicted molar refractivity (Wildman–Crippen MR) is 139 cm³/mol. The molecule has 0 spiro atoms. The summed E-state index contributed by atoms with van der Waals surface area (Å²) in [5.74, 6) is -0.0439. The minimum atomic E-state index is -4.01. The number of hydrogen-bond donors (Lipinski definition) is 1. The van der Waals surface area contributed by atoms with E-state index in [1.165, 1.54) is 0 Å². The minimum Gasteiger partial charge on any atom is -0.348 e. The van der Waals surface area contributed by atoms with Gasteiger partial charge in [-0.2, -0.15) is 0 Å². The first-order valence-corrected chi connectivity index (χ1v) is 13.1. The van der Waals surface area contributed by atoms with Gasteiger partial charge >= 0.3 is 0 Å². The third-order valence-electron chi connectivity index (χ3n) is 5.65. The Labute approximate surface area is 207 Å². The van der Waals surface area contributed by atoms with Crippen LogP contribution in [0.5, 0.6) is 0 Å². The molecule has 0 saturated carbocycles. The number of aryl methyl sites for hydroxylation is 1. The summed E-state index contributed by atoms with van der Waals surface area (Å²) in [7, 11) is -4.01. The van der Waals surface area contributed by atoms with Gasteiger partial charge < -0.3 is 5.32 Å². The normalized spacial score (nSPS) is 12.4. The minimum absolute atomic E-state index is 0.118. The summed E-state index contributed by atoms with van der Waals surface area (Å²) in [4.78, 5) is 13.4. The zero-order chi connectivity index (χ0) is 24.9. The van der Waals surface area contributed by atoms with Crippen molar-refractivity contribution >= 4 is 33.2 Å². The first-order chi connectivity index (χ1) is 16.1. The summed E-state index contributed by atoms with van der Waals surface area (Å²) < 4.78 is 28.5. The van der Waals surface area contributed by atoms with Crippen molar-refractivity contribution in [3.63, 3.8) is 0 Å². The van der Waals surface area contributed by atoms with E-state index in [0.717, 1.165) is 21.9 Å². The van der Waals surface area contributed by atoms with Crippen LogP contribution in [0.15, 0.2) is 77.7 Å². The topological polar surface area (TPSA) is 66.5 Å². The molecule has 7 heteroatoms. The molecule has 1 atom stereocenters. The van der Waals surface area contributed by atoms with E-state index in [4.69, 9.17) is 11.6 Å². The Morgan fingerprint density at radius 3 is 2.21 bits per heavy atom. The van der Waals surface area contributed by atoms with Crippen LogP contribution in [0.1, 0.15) is 43.0 Å². The molecule has 0 radical (unpaired) electrons. The highest BCUT2D eigenvalue weighted by atomic mass is 35.5. The number of rotatable bonds is 9. The fourth-order valence-corrected chi connectivity index (χ4v) is 5.46. The van der Waals surface area contributed by atoms with Gasteiger partial charge in [0.25, 0.3) is 10.0 Å². The quantitative estimate of drug-likeness (QED) is 0.390. The molecule has 180 valence electrons. The number of amides is 1. The molecule has 0 aliphatic carbocycles. The van der Waals surface area contributed by atoms with Crippen LogP contribution in [0.25, 0.3) is 0 Å². The van der Waals surface area contributed by atoms with Gasteiger partial charge in [-0.1, -0.05) is 79.5 Å². The highest BCUT2D eigenvalue weighted by molar-refractivity contribution is 7.92. The van der Waals surface area contributed by atoms with Crippen molar-refractivity contribution in [1.82, 2.24) is 5.32 Å². The second kappa shape index (κ2) is 11.1. The van der Waals surface area contributed by atoms with Crippen LogP contribution in [0.3, 0.4) is 0 Å². The fraction of sp³-hybridized carbons (Fsp3) is 0.296. The van der Waals surface area contributed by atoms with Crippen LogP contribution in [-0.4, -0.2) is 20.9 Å². The van der Waals surface area contributed by atoms with E-state index in [0.29, 0.717) is 22.2 Å². The molecule has 3 rings (SSSR count). The largest absolute Gasteiger partial charge is 0.348 e. The summed E-state index contributed by atoms with van der Waals surface area (Å²) in [5, 5.41) is 3.49. The van der Waals surface area contributed by atoms with Gasteiger partial charge in [-0.05, 0) is 61.6 Å². The molecule has 3 aromatic carbocycles. The van der Waals surface area contributed by atoms with E-state index >= 15 is 0 Å². The number of benzene rings is 3. The fourth-order valence-electron chi connectivity index (χ4n) is 3.81. The molecule has 0 saturated heterocycles. The molecule has 0 aliphatic rings. The maximum absolute atomic E-state index is 13.7. The van der Waals surface area contributed by atoms with Crippen molar-refractivity contribution in [2.24, 2.45) is 5.92 Å². The number of carbonyl (C=O) groups excluding carboxylic acids is 1. The van der Waals surface area contributed by atoms with Gasteiger partial charge in [0.15, 0.2) is 0 Å². The number of sulfonamides is 1. The zero-order valence-corrected chi connectivity index (χ0v) is 21.5. The van der Waals surface area contributed by atoms with Crippen molar-refractivity contribution in [3.8, 4) is 0 Å². The van der Waals surface area contributed by atoms with Crippen LogP contribution >= 0.6 is 11.6 Å². The zero-order valence-electron chi connectivity index (χ0n) is 20.0. The van der Waals surface area contributed by atoms with Crippen molar-refractivity contribution in [3.05, 3.63) is 94.5 Å². The van der Waals surface area contributed by atoms with Crippen LogP contribution in [0, 0.1) is 19.8 Å². The molecule has 0 aromatic heterocycles. The van der Waals surface area contributed by atoms with Gasteiger partial charge in [0, 0.05) is 5.02 Å². The van der Waals surface area contributed by atoms with Crippen LogP contribution in [0.2, 0.25) is 5.02 Å². The standard InChI is InChI=1S/C27H31ClN2O3S/c1-19(2)17-25(22-9-6-5-7-10-22)29-27(31)18-30(26-12-8-11-24(28)21(26)4)34(32,33)23-15-13-20(3)14-16-23/h5-16,19,25H,17-18H2,1-4H3,(H,29,31). The van der Waals surface area contributed by atoms with Gasteiger partial charge in [-0.25, -0.2) is 8.42 Å². The summed E-state index contributed by atoms with van der Waals surface area (Å²) in [6.45, 7) is 7.45. The van der Waals surface area contributed by atoms with Crippen molar-refractivity contribution in [2.45, 2.75) is 45.1 Å². The molecule has 1 amide bonds. The van der Waals surface area contributed by atoms with Gasteiger partial charge in [0.05, 0.1) is 16.6 Å². The smallest absolute Gasteiger partial charge is 0.264 e. The van der Waals surface area contributed by atoms with Crippen molar-refractivity contribution < 1.29 is 13.2 Å². The number of nitrogens with one attached hydrogen (secondary N) is 1. The maximum Gasteiger partial charge on any atom is 0.264 e. The lowest BCUT2D eigenvalue weighted by Gasteiger charge is -2.28. The summed E-state index contributed by atoms with van der Waals surface area (Å²) >= 11 is 6.31. The van der Waals surface area contributed by atoms with Crippen molar-refractivity contribution in [1.29, 1.82) is 0 Å². The second-order valence-electron chi connectivity index (χ2n) is 8.87. The van der Waals surface area contributed by atoms with Gasteiger partial charge in [-0.15, -0.1) is 0 Å². The van der Waals surface area contributed by atoms with E-state index < -0.39 is 10.0 Å². The van der Waals surface area contributed by atoms with E-state index in [-0.39, 0.29) is 23.4 Å². The predicted octanol–water partition coefficient (Wildman–Crippen LogP) is 6.06. The molecular formula is C27H31ClN2O3S. The molecule has 5 nitrogen and oxygen atoms in total. The van der Waals surface area contributed by atoms with E-state index in [1.807, 2.05) is 37.3 Å². The number of carbonyl (C=O) groups is 1. The third kappa shape index (κ3) is 6.19. The first kappa shape index (κ1) is 25.8. The SMILES string of the molecule is Cc1ccc(S(=O)(=O)N(CC(=O)NC(CC(C)C)c2ccccc2)c2cccc(Cl)c2C)cc1. The monoisotopic (exact) mass is 498 g/mol. The van der Waals surface area contributed by atoms with Crippen LogP contribution in [0.4, 0.5) is 5.69 Å². The summed E-state index contributed by atoms with van der Waals surface area (Å²) in [5.41, 5.74) is 2.90. The summed E-state index contributed by atoms with van der Waals surface area (Å²) in [6, 6.07) is 21.1. The molecule has 0 heterocycles. The number of anilines is 1. The molecule has 0 bridgehead atoms. The van der Waals surface area contributed by atoms with E-state index in [2.05, 4.69) is 19.2 Å². The van der Waals surface area contributed by atoms with E-state index in [1.54, 1.807) is 49.4 Å². The maximum atomic E-state index is 13.7. The third-order valence-corrected chi connectivity index (χ3v) is 7.83. The number of nitrogens with zero attached hydrogens (tertiary/aromatic N) is 1. The van der Waals surface area contributed by atoms with Gasteiger partial charge in [-0.3, -0.25) is 9.10 Å². The highest BCUT2D eigenvalue weighted by Crippen LogP contribution is 2.31. The molecule has 3 aromatic rings. The molecule has 1 N–H and O–H groups in total. The Bertz CT molecular complexity index is 1230. The average Bonchev–Trinajstić information content (AvgIpc) is 2.79. The number of halogens is 1. The molecule has 0 aliphatic heterocycles. The lowest BCUT2D eigenvalue weighted by molar-refractivity contribution is -0.120. The van der Waals surface area contributed by atoms with Crippen molar-refractivity contribution in [2.75, 3.05) is 10.8 Å². The second-order valence-corrected chi connectivity index (χ2v) is 11.1. The Kier molecular flexibility index (Phi) is 8.39. The summed E-state index contributed by atoms with van der Waals surface area (Å²) in [6.07, 6.45) is 0.733.